The van der Waals surface area contributed by atoms with E-state index in [1.807, 2.05) is 12.2 Å². The maximum absolute atomic E-state index is 12.9. The van der Waals surface area contributed by atoms with Crippen molar-refractivity contribution in [3.8, 4) is 0 Å². The van der Waals surface area contributed by atoms with Crippen molar-refractivity contribution in [2.75, 3.05) is 0 Å². The van der Waals surface area contributed by atoms with E-state index in [4.69, 9.17) is 4.74 Å². The minimum Gasteiger partial charge on any atom is -0.461 e. The van der Waals surface area contributed by atoms with Crippen molar-refractivity contribution in [1.29, 1.82) is 0 Å². The largest absolute Gasteiger partial charge is 0.461 e. The van der Waals surface area contributed by atoms with Crippen LogP contribution in [0.4, 0.5) is 0 Å². The Balaban J connectivity index is 1.48. The minimum absolute atomic E-state index is 0.0420. The molecule has 5 nitrogen and oxygen atoms in total. The molecule has 0 fully saturated rings. The fourth-order valence-corrected chi connectivity index (χ4v) is 6.35. The molecule has 0 aromatic heterocycles. The molecule has 0 atom stereocenters. The van der Waals surface area contributed by atoms with E-state index in [9.17, 15) is 14.4 Å². The number of ether oxygens (including phenoxy) is 1. The van der Waals surface area contributed by atoms with Crippen LogP contribution in [0.1, 0.15) is 159 Å². The van der Waals surface area contributed by atoms with Crippen molar-refractivity contribution in [2.45, 2.75) is 141 Å². The molecule has 2 aromatic carbocycles. The van der Waals surface area contributed by atoms with Crippen LogP contribution in [0.3, 0.4) is 0 Å². The van der Waals surface area contributed by atoms with E-state index < -0.39 is 17.8 Å². The summed E-state index contributed by atoms with van der Waals surface area (Å²) < 4.78 is 5.73. The molecule has 0 unspecified atom stereocenters. The first-order valence-electron chi connectivity index (χ1n) is 18.0. The van der Waals surface area contributed by atoms with Crippen LogP contribution in [0.5, 0.6) is 0 Å². The molecule has 1 N–H and O–H groups in total. The molecule has 46 heavy (non-hydrogen) atoms. The highest BCUT2D eigenvalue weighted by atomic mass is 16.5. The first-order valence-corrected chi connectivity index (χ1v) is 18.0. The quantitative estimate of drug-likeness (QED) is 0.0487. The molecular formula is C41H57NO4. The monoisotopic (exact) mass is 627 g/mol. The highest BCUT2D eigenvalue weighted by Crippen LogP contribution is 2.23. The summed E-state index contributed by atoms with van der Waals surface area (Å²) in [5.74, 6) is -1.27. The van der Waals surface area contributed by atoms with Gasteiger partial charge >= 0.3 is 5.97 Å². The molecule has 1 aliphatic rings. The first-order chi connectivity index (χ1) is 22.5. The molecule has 0 aliphatic carbocycles. The zero-order valence-electron chi connectivity index (χ0n) is 28.2. The predicted molar refractivity (Wildman–Crippen MR) is 189 cm³/mol. The highest BCUT2D eigenvalue weighted by Gasteiger charge is 2.29. The van der Waals surface area contributed by atoms with Crippen LogP contribution in [-0.2, 0) is 35.4 Å². The molecule has 0 radical (unpaired) electrons. The number of hydrogen-bond donors (Lipinski definition) is 1. The lowest BCUT2D eigenvalue weighted by Crippen LogP contribution is -2.20. The van der Waals surface area contributed by atoms with Crippen LogP contribution in [-0.4, -0.2) is 17.8 Å². The summed E-state index contributed by atoms with van der Waals surface area (Å²) in [7, 11) is 0. The topological polar surface area (TPSA) is 72.5 Å². The van der Waals surface area contributed by atoms with E-state index in [-0.39, 0.29) is 18.6 Å². The summed E-state index contributed by atoms with van der Waals surface area (Å²) in [4.78, 5) is 37.1. The molecule has 0 saturated heterocycles. The van der Waals surface area contributed by atoms with E-state index in [0.29, 0.717) is 11.1 Å². The summed E-state index contributed by atoms with van der Waals surface area (Å²) in [6.07, 6.45) is 28.7. The van der Waals surface area contributed by atoms with E-state index in [2.05, 4.69) is 36.7 Å². The standard InChI is InChI=1S/C41H57NO4/c1-3-5-7-9-11-13-15-17-19-21-24-33-28-29-36(34(30-33)25-22-20-18-16-14-12-10-8-6-4-2)32-46-38(43)31-35-26-23-27-37-39(35)41(45)42-40(37)44/h3-4,23,26-30H,1-2,5-22,24-25,31-32H2,(H,42,44,45). The Morgan fingerprint density at radius 3 is 1.80 bits per heavy atom. The average Bonchev–Trinajstić information content (AvgIpc) is 3.35. The van der Waals surface area contributed by atoms with Crippen molar-refractivity contribution >= 4 is 17.8 Å². The molecule has 3 rings (SSSR count). The number of nitrogens with one attached hydrogen (secondary N) is 1. The Bertz CT molecular complexity index is 1260. The minimum atomic E-state index is -0.451. The zero-order valence-corrected chi connectivity index (χ0v) is 28.2. The Morgan fingerprint density at radius 2 is 1.20 bits per heavy atom. The molecule has 0 spiro atoms. The molecule has 5 heteroatoms. The number of benzene rings is 2. The predicted octanol–water partition coefficient (Wildman–Crippen LogP) is 10.3. The summed E-state index contributed by atoms with van der Waals surface area (Å²) in [6, 6.07) is 11.7. The summed E-state index contributed by atoms with van der Waals surface area (Å²) in [5.41, 5.74) is 4.83. The van der Waals surface area contributed by atoms with E-state index >= 15 is 0 Å². The van der Waals surface area contributed by atoms with Gasteiger partial charge in [0, 0.05) is 0 Å². The number of imide groups is 1. The van der Waals surface area contributed by atoms with Crippen molar-refractivity contribution in [2.24, 2.45) is 0 Å². The summed E-state index contributed by atoms with van der Waals surface area (Å²) in [6.45, 7) is 7.82. The number of rotatable bonds is 26. The fourth-order valence-electron chi connectivity index (χ4n) is 6.35. The number of amides is 2. The lowest BCUT2D eigenvalue weighted by Gasteiger charge is -2.13. The van der Waals surface area contributed by atoms with Gasteiger partial charge in [0.2, 0.25) is 0 Å². The summed E-state index contributed by atoms with van der Waals surface area (Å²) in [5, 5.41) is 2.31. The van der Waals surface area contributed by atoms with Gasteiger partial charge in [0.25, 0.3) is 11.8 Å². The van der Waals surface area contributed by atoms with Gasteiger partial charge in [-0.25, -0.2) is 0 Å². The van der Waals surface area contributed by atoms with Gasteiger partial charge in [-0.3, -0.25) is 19.7 Å². The van der Waals surface area contributed by atoms with Crippen LogP contribution in [0, 0.1) is 0 Å². The van der Waals surface area contributed by atoms with Gasteiger partial charge in [-0.15, -0.1) is 13.2 Å². The Labute approximate surface area is 278 Å². The van der Waals surface area contributed by atoms with Crippen LogP contribution in [0.2, 0.25) is 0 Å². The molecular weight excluding hydrogens is 570 g/mol. The third-order valence-corrected chi connectivity index (χ3v) is 9.07. The first kappa shape index (κ1) is 37.0. The van der Waals surface area contributed by atoms with Crippen LogP contribution in [0.15, 0.2) is 61.7 Å². The number of esters is 1. The number of carbonyl (C=O) groups is 3. The second-order valence-electron chi connectivity index (χ2n) is 12.9. The molecule has 0 saturated carbocycles. The number of hydrogen-bond acceptors (Lipinski definition) is 4. The third kappa shape index (κ3) is 13.5. The zero-order chi connectivity index (χ0) is 32.8. The fraction of sp³-hybridized carbons (Fsp3) is 0.537. The second kappa shape index (κ2) is 22.1. The van der Waals surface area contributed by atoms with Gasteiger partial charge in [-0.05, 0) is 79.7 Å². The van der Waals surface area contributed by atoms with Gasteiger partial charge in [0.15, 0.2) is 0 Å². The molecule has 1 heterocycles. The van der Waals surface area contributed by atoms with E-state index in [1.165, 1.54) is 107 Å². The molecule has 2 aromatic rings. The number of fused-ring (bicyclic) bond motifs is 1. The smallest absolute Gasteiger partial charge is 0.310 e. The molecule has 0 bridgehead atoms. The van der Waals surface area contributed by atoms with Crippen LogP contribution >= 0.6 is 0 Å². The normalized spacial score (nSPS) is 12.2. The molecule has 1 aliphatic heterocycles. The summed E-state index contributed by atoms with van der Waals surface area (Å²) >= 11 is 0. The van der Waals surface area contributed by atoms with Gasteiger partial charge in [0.05, 0.1) is 17.5 Å². The number of carbonyl (C=O) groups excluding carboxylic acids is 3. The van der Waals surface area contributed by atoms with Gasteiger partial charge < -0.3 is 4.74 Å². The maximum atomic E-state index is 12.9. The van der Waals surface area contributed by atoms with Gasteiger partial charge in [0.1, 0.15) is 6.61 Å². The molecule has 250 valence electrons. The molecule has 2 amide bonds. The van der Waals surface area contributed by atoms with Crippen molar-refractivity contribution in [3.63, 3.8) is 0 Å². The lowest BCUT2D eigenvalue weighted by atomic mass is 9.96. The average molecular weight is 628 g/mol. The number of aryl methyl sites for hydroxylation is 2. The van der Waals surface area contributed by atoms with Gasteiger partial charge in [-0.1, -0.05) is 120 Å². The Kier molecular flexibility index (Phi) is 17.8. The Hall–Kier alpha value is -3.47. The maximum Gasteiger partial charge on any atom is 0.310 e. The SMILES string of the molecule is C=CCCCCCCCCCCc1ccc(COC(=O)Cc2cccc3c2C(=O)NC3=O)c(CCCCCCCCCCC=C)c1. The van der Waals surface area contributed by atoms with E-state index in [0.717, 1.165) is 37.7 Å². The van der Waals surface area contributed by atoms with E-state index in [1.54, 1.807) is 18.2 Å². The van der Waals surface area contributed by atoms with Gasteiger partial charge in [-0.2, -0.15) is 0 Å². The van der Waals surface area contributed by atoms with Crippen molar-refractivity contribution < 1.29 is 19.1 Å². The van der Waals surface area contributed by atoms with Crippen molar-refractivity contribution in [1.82, 2.24) is 5.32 Å². The van der Waals surface area contributed by atoms with Crippen LogP contribution in [0.25, 0.3) is 0 Å². The van der Waals surface area contributed by atoms with Crippen LogP contribution < -0.4 is 5.32 Å². The van der Waals surface area contributed by atoms with Crippen molar-refractivity contribution in [3.05, 3.63) is 95.1 Å². The number of allylic oxidation sites excluding steroid dienone is 2. The second-order valence-corrected chi connectivity index (χ2v) is 12.9. The highest BCUT2D eigenvalue weighted by molar-refractivity contribution is 6.22. The lowest BCUT2D eigenvalue weighted by molar-refractivity contribution is -0.144. The Morgan fingerprint density at radius 1 is 0.630 bits per heavy atom. The number of unbranched alkanes of at least 4 members (excludes halogenated alkanes) is 16. The third-order valence-electron chi connectivity index (χ3n) is 9.07.